The van der Waals surface area contributed by atoms with Crippen LogP contribution in [0.15, 0.2) is 4.99 Å². The number of hydrogen-bond acceptors (Lipinski definition) is 2. The van der Waals surface area contributed by atoms with E-state index in [0.29, 0.717) is 19.1 Å². The number of aliphatic imine (C=N–C) groups is 1. The molecule has 1 unspecified atom stereocenters. The second-order valence-electron chi connectivity index (χ2n) is 4.96. The first-order valence-electron chi connectivity index (χ1n) is 6.00. The molecule has 1 heterocycles. The number of nitrogens with zero attached hydrogens (tertiary/aromatic N) is 2. The molecule has 4 nitrogen and oxygen atoms in total. The summed E-state index contributed by atoms with van der Waals surface area (Å²) >= 11 is 0. The molecular formula is C11H19F2N3O. The molecule has 0 bridgehead atoms. The Morgan fingerprint density at radius 1 is 1.53 bits per heavy atom. The fraction of sp³-hybridized carbons (Fsp3) is 0.909. The highest BCUT2D eigenvalue weighted by Gasteiger charge is 2.44. The zero-order valence-electron chi connectivity index (χ0n) is 10.0. The minimum Gasteiger partial charge on any atom is -0.375 e. The topological polar surface area (TPSA) is 50.8 Å². The summed E-state index contributed by atoms with van der Waals surface area (Å²) in [6.45, 7) is 4.47. The largest absolute Gasteiger partial charge is 0.375 e. The summed E-state index contributed by atoms with van der Waals surface area (Å²) in [6.07, 6.45) is 0.0394. The van der Waals surface area contributed by atoms with Gasteiger partial charge in [-0.05, 0) is 12.8 Å². The lowest BCUT2D eigenvalue weighted by Crippen LogP contribution is -2.48. The lowest BCUT2D eigenvalue weighted by Gasteiger charge is -2.35. The van der Waals surface area contributed by atoms with E-state index >= 15 is 0 Å². The normalized spacial score (nSPS) is 30.2. The molecule has 17 heavy (non-hydrogen) atoms. The minimum atomic E-state index is -2.47. The third-order valence-electron chi connectivity index (χ3n) is 3.25. The predicted molar refractivity (Wildman–Crippen MR) is 61.1 cm³/mol. The van der Waals surface area contributed by atoms with Crippen molar-refractivity contribution in [3.8, 4) is 0 Å². The van der Waals surface area contributed by atoms with Crippen molar-refractivity contribution in [3.63, 3.8) is 0 Å². The van der Waals surface area contributed by atoms with E-state index in [1.54, 1.807) is 0 Å². The van der Waals surface area contributed by atoms with Gasteiger partial charge in [0.1, 0.15) is 0 Å². The molecule has 1 aliphatic heterocycles. The van der Waals surface area contributed by atoms with Gasteiger partial charge < -0.3 is 15.4 Å². The number of halogens is 2. The number of guanidine groups is 1. The van der Waals surface area contributed by atoms with Gasteiger partial charge in [-0.15, -0.1) is 0 Å². The third kappa shape index (κ3) is 3.28. The van der Waals surface area contributed by atoms with Crippen LogP contribution < -0.4 is 5.73 Å². The van der Waals surface area contributed by atoms with E-state index in [0.717, 1.165) is 13.1 Å². The number of ether oxygens (including phenoxy) is 1. The van der Waals surface area contributed by atoms with Gasteiger partial charge in [0.2, 0.25) is 5.92 Å². The molecule has 0 spiro atoms. The van der Waals surface area contributed by atoms with E-state index in [2.05, 4.69) is 4.99 Å². The number of alkyl halides is 2. The van der Waals surface area contributed by atoms with E-state index in [4.69, 9.17) is 10.5 Å². The molecule has 1 saturated heterocycles. The zero-order chi connectivity index (χ0) is 12.5. The third-order valence-corrected chi connectivity index (χ3v) is 3.25. The van der Waals surface area contributed by atoms with Gasteiger partial charge in [-0.2, -0.15) is 0 Å². The standard InChI is InChI=1S/C11H19F2N3O/c1-8-7-16(2-3-17-8)10(14)15-6-9-4-11(12,13)5-9/h8-9H,2-7H2,1H3,(H2,14,15). The highest BCUT2D eigenvalue weighted by atomic mass is 19.3. The van der Waals surface area contributed by atoms with E-state index < -0.39 is 5.92 Å². The second kappa shape index (κ2) is 4.76. The fourth-order valence-electron chi connectivity index (χ4n) is 2.26. The van der Waals surface area contributed by atoms with Gasteiger partial charge in [-0.3, -0.25) is 4.99 Å². The molecule has 2 aliphatic rings. The molecule has 0 aromatic carbocycles. The van der Waals surface area contributed by atoms with E-state index in [-0.39, 0.29) is 24.9 Å². The van der Waals surface area contributed by atoms with Crippen LogP contribution >= 0.6 is 0 Å². The zero-order valence-corrected chi connectivity index (χ0v) is 10.0. The van der Waals surface area contributed by atoms with Crippen molar-refractivity contribution < 1.29 is 13.5 Å². The quantitative estimate of drug-likeness (QED) is 0.586. The van der Waals surface area contributed by atoms with Crippen LogP contribution in [0, 0.1) is 5.92 Å². The Morgan fingerprint density at radius 3 is 2.82 bits per heavy atom. The van der Waals surface area contributed by atoms with Crippen molar-refractivity contribution in [3.05, 3.63) is 0 Å². The number of hydrogen-bond donors (Lipinski definition) is 1. The van der Waals surface area contributed by atoms with Crippen molar-refractivity contribution in [2.75, 3.05) is 26.2 Å². The Morgan fingerprint density at radius 2 is 2.24 bits per heavy atom. The Kier molecular flexibility index (Phi) is 3.51. The maximum atomic E-state index is 12.6. The Hall–Kier alpha value is -0.910. The van der Waals surface area contributed by atoms with Crippen molar-refractivity contribution in [2.24, 2.45) is 16.6 Å². The predicted octanol–water partition coefficient (Wildman–Crippen LogP) is 1.07. The Labute approximate surface area is 99.8 Å². The molecule has 1 aliphatic carbocycles. The smallest absolute Gasteiger partial charge is 0.248 e. The molecular weight excluding hydrogens is 228 g/mol. The van der Waals surface area contributed by atoms with Crippen molar-refractivity contribution in [2.45, 2.75) is 31.8 Å². The molecule has 1 saturated carbocycles. The minimum absolute atomic E-state index is 0.0120. The molecule has 2 N–H and O–H groups in total. The van der Waals surface area contributed by atoms with Crippen LogP contribution in [0.5, 0.6) is 0 Å². The monoisotopic (exact) mass is 247 g/mol. The van der Waals surface area contributed by atoms with Crippen LogP contribution in [0.3, 0.4) is 0 Å². The maximum Gasteiger partial charge on any atom is 0.248 e. The molecule has 1 atom stereocenters. The molecule has 0 radical (unpaired) electrons. The van der Waals surface area contributed by atoms with Crippen molar-refractivity contribution >= 4 is 5.96 Å². The number of morpholine rings is 1. The molecule has 0 aromatic rings. The molecule has 2 fully saturated rings. The van der Waals surface area contributed by atoms with Crippen LogP contribution in [-0.4, -0.2) is 49.1 Å². The molecule has 0 aromatic heterocycles. The lowest BCUT2D eigenvalue weighted by atomic mass is 9.81. The van der Waals surface area contributed by atoms with Crippen LogP contribution in [0.2, 0.25) is 0 Å². The van der Waals surface area contributed by atoms with Crippen molar-refractivity contribution in [1.82, 2.24) is 4.90 Å². The summed E-state index contributed by atoms with van der Waals surface area (Å²) in [7, 11) is 0. The summed E-state index contributed by atoms with van der Waals surface area (Å²) in [4.78, 5) is 6.15. The van der Waals surface area contributed by atoms with E-state index in [9.17, 15) is 8.78 Å². The lowest BCUT2D eigenvalue weighted by molar-refractivity contribution is -0.107. The van der Waals surface area contributed by atoms with Crippen LogP contribution in [-0.2, 0) is 4.74 Å². The second-order valence-corrected chi connectivity index (χ2v) is 4.96. The van der Waals surface area contributed by atoms with Gasteiger partial charge in [0.15, 0.2) is 5.96 Å². The van der Waals surface area contributed by atoms with Gasteiger partial charge in [0, 0.05) is 32.5 Å². The summed E-state index contributed by atoms with van der Waals surface area (Å²) in [6, 6.07) is 0. The highest BCUT2D eigenvalue weighted by molar-refractivity contribution is 5.78. The summed E-state index contributed by atoms with van der Waals surface area (Å²) in [5, 5.41) is 0. The first-order chi connectivity index (χ1) is 7.96. The van der Waals surface area contributed by atoms with E-state index in [1.807, 2.05) is 11.8 Å². The first-order valence-corrected chi connectivity index (χ1v) is 6.00. The Balaban J connectivity index is 1.77. The van der Waals surface area contributed by atoms with Gasteiger partial charge in [0.05, 0.1) is 12.7 Å². The summed E-state index contributed by atoms with van der Waals surface area (Å²) in [5.74, 6) is -2.03. The highest BCUT2D eigenvalue weighted by Crippen LogP contribution is 2.42. The maximum absolute atomic E-state index is 12.6. The van der Waals surface area contributed by atoms with Gasteiger partial charge in [-0.1, -0.05) is 0 Å². The average Bonchev–Trinajstić information content (AvgIpc) is 2.23. The SMILES string of the molecule is CC1CN(C(N)=NCC2CC(F)(F)C2)CCO1. The molecule has 0 amide bonds. The summed E-state index contributed by atoms with van der Waals surface area (Å²) < 4.78 is 30.6. The number of rotatable bonds is 2. The van der Waals surface area contributed by atoms with Gasteiger partial charge >= 0.3 is 0 Å². The molecule has 2 rings (SSSR count). The van der Waals surface area contributed by atoms with Crippen LogP contribution in [0.1, 0.15) is 19.8 Å². The molecule has 6 heteroatoms. The van der Waals surface area contributed by atoms with E-state index in [1.165, 1.54) is 0 Å². The van der Waals surface area contributed by atoms with Gasteiger partial charge in [0.25, 0.3) is 0 Å². The van der Waals surface area contributed by atoms with Gasteiger partial charge in [-0.25, -0.2) is 8.78 Å². The van der Waals surface area contributed by atoms with Crippen molar-refractivity contribution in [1.29, 1.82) is 0 Å². The molecule has 98 valence electrons. The summed E-state index contributed by atoms with van der Waals surface area (Å²) in [5.41, 5.74) is 5.84. The van der Waals surface area contributed by atoms with Crippen LogP contribution in [0.25, 0.3) is 0 Å². The van der Waals surface area contributed by atoms with Crippen LogP contribution in [0.4, 0.5) is 8.78 Å². The average molecular weight is 247 g/mol. The first kappa shape index (κ1) is 12.5. The number of nitrogens with two attached hydrogens (primary N) is 1. The Bertz CT molecular complexity index is 301. The fourth-order valence-corrected chi connectivity index (χ4v) is 2.26.